The topological polar surface area (TPSA) is 75.4 Å². The number of hydrogen-bond acceptors (Lipinski definition) is 6. The minimum absolute atomic E-state index is 0.144. The maximum absolute atomic E-state index is 10.9. The first-order chi connectivity index (χ1) is 14.2. The highest BCUT2D eigenvalue weighted by Crippen LogP contribution is 2.17. The molecule has 29 heavy (non-hydrogen) atoms. The van der Waals surface area contributed by atoms with Gasteiger partial charge in [0.15, 0.2) is 0 Å². The van der Waals surface area contributed by atoms with Crippen LogP contribution >= 0.6 is 0 Å². The van der Waals surface area contributed by atoms with E-state index in [4.69, 9.17) is 0 Å². The van der Waals surface area contributed by atoms with Crippen LogP contribution in [0.4, 0.5) is 11.6 Å². The fourth-order valence-electron chi connectivity index (χ4n) is 3.57. The molecule has 1 aromatic heterocycles. The number of anilines is 1. The number of rotatable bonds is 6. The molecule has 0 radical (unpaired) electrons. The normalized spacial score (nSPS) is 14.7. The second kappa shape index (κ2) is 8.79. The van der Waals surface area contributed by atoms with E-state index in [1.807, 2.05) is 36.7 Å². The zero-order chi connectivity index (χ0) is 20.1. The van der Waals surface area contributed by atoms with Crippen molar-refractivity contribution < 1.29 is 4.92 Å². The molecule has 7 nitrogen and oxygen atoms in total. The molecule has 7 heteroatoms. The zero-order valence-electron chi connectivity index (χ0n) is 16.1. The minimum Gasteiger partial charge on any atom is -0.338 e. The highest BCUT2D eigenvalue weighted by Gasteiger charge is 2.19. The Bertz CT molecular complexity index is 954. The van der Waals surface area contributed by atoms with E-state index in [0.29, 0.717) is 6.54 Å². The Hall–Kier alpha value is -3.32. The van der Waals surface area contributed by atoms with Gasteiger partial charge >= 0.3 is 0 Å². The lowest BCUT2D eigenvalue weighted by molar-refractivity contribution is -0.384. The van der Waals surface area contributed by atoms with E-state index in [0.717, 1.165) is 49.7 Å². The van der Waals surface area contributed by atoms with Gasteiger partial charge in [-0.05, 0) is 16.7 Å². The van der Waals surface area contributed by atoms with Crippen LogP contribution in [0.1, 0.15) is 16.7 Å². The van der Waals surface area contributed by atoms with Gasteiger partial charge in [0.1, 0.15) is 0 Å². The molecule has 148 valence electrons. The van der Waals surface area contributed by atoms with E-state index >= 15 is 0 Å². The molecular formula is C22H23N5O2. The molecule has 0 saturated carbocycles. The van der Waals surface area contributed by atoms with Crippen molar-refractivity contribution in [3.63, 3.8) is 0 Å². The molecule has 0 N–H and O–H groups in total. The fraction of sp³-hybridized carbons (Fsp3) is 0.273. The lowest BCUT2D eigenvalue weighted by atomic mass is 10.1. The van der Waals surface area contributed by atoms with E-state index in [-0.39, 0.29) is 10.6 Å². The SMILES string of the molecule is O=[N+]([O-])c1cccc(CN2CCN(c3ncc(Cc4ccccc4)cn3)CC2)c1. The third-order valence-electron chi connectivity index (χ3n) is 5.13. The summed E-state index contributed by atoms with van der Waals surface area (Å²) >= 11 is 0. The molecule has 0 unspecified atom stereocenters. The maximum Gasteiger partial charge on any atom is 0.269 e. The van der Waals surface area contributed by atoms with Crippen LogP contribution in [0.3, 0.4) is 0 Å². The first kappa shape index (κ1) is 19.0. The summed E-state index contributed by atoms with van der Waals surface area (Å²) in [5, 5.41) is 10.9. The highest BCUT2D eigenvalue weighted by molar-refractivity contribution is 5.35. The van der Waals surface area contributed by atoms with Crippen LogP contribution in [-0.4, -0.2) is 46.0 Å². The summed E-state index contributed by atoms with van der Waals surface area (Å²) in [5.74, 6) is 0.761. The zero-order valence-corrected chi connectivity index (χ0v) is 16.1. The van der Waals surface area contributed by atoms with E-state index in [2.05, 4.69) is 31.9 Å². The van der Waals surface area contributed by atoms with E-state index in [1.54, 1.807) is 12.1 Å². The number of non-ortho nitro benzene ring substituents is 1. The summed E-state index contributed by atoms with van der Waals surface area (Å²) in [6.07, 6.45) is 4.65. The van der Waals surface area contributed by atoms with Crippen molar-refractivity contribution in [2.75, 3.05) is 31.1 Å². The Labute approximate surface area is 169 Å². The van der Waals surface area contributed by atoms with Crippen LogP contribution in [-0.2, 0) is 13.0 Å². The van der Waals surface area contributed by atoms with Gasteiger partial charge in [0.2, 0.25) is 5.95 Å². The average molecular weight is 389 g/mol. The van der Waals surface area contributed by atoms with E-state index in [1.165, 1.54) is 11.6 Å². The number of nitro groups is 1. The standard InChI is InChI=1S/C22H23N5O2/c28-27(29)21-8-4-7-19(14-21)17-25-9-11-26(12-10-25)22-23-15-20(16-24-22)13-18-5-2-1-3-6-18/h1-8,14-16H,9-13,17H2. The second-order valence-electron chi connectivity index (χ2n) is 7.24. The first-order valence-corrected chi connectivity index (χ1v) is 9.73. The van der Waals surface area contributed by atoms with Crippen molar-refractivity contribution in [2.45, 2.75) is 13.0 Å². The van der Waals surface area contributed by atoms with Crippen LogP contribution in [0.25, 0.3) is 0 Å². The van der Waals surface area contributed by atoms with E-state index in [9.17, 15) is 10.1 Å². The quantitative estimate of drug-likeness (QED) is 0.476. The van der Waals surface area contributed by atoms with Crippen molar-refractivity contribution in [3.8, 4) is 0 Å². The smallest absolute Gasteiger partial charge is 0.269 e. The van der Waals surface area contributed by atoms with Crippen LogP contribution in [0.15, 0.2) is 67.0 Å². The lowest BCUT2D eigenvalue weighted by Crippen LogP contribution is -2.46. The van der Waals surface area contributed by atoms with Crippen molar-refractivity contribution in [2.24, 2.45) is 0 Å². The van der Waals surface area contributed by atoms with Gasteiger partial charge in [-0.3, -0.25) is 15.0 Å². The molecule has 1 saturated heterocycles. The van der Waals surface area contributed by atoms with Crippen molar-refractivity contribution in [1.29, 1.82) is 0 Å². The molecule has 3 aromatic rings. The highest BCUT2D eigenvalue weighted by atomic mass is 16.6. The molecule has 2 heterocycles. The number of nitro benzene ring substituents is 1. The molecule has 1 fully saturated rings. The summed E-state index contributed by atoms with van der Waals surface area (Å²) < 4.78 is 0. The summed E-state index contributed by atoms with van der Waals surface area (Å²) in [5.41, 5.74) is 3.46. The third-order valence-corrected chi connectivity index (χ3v) is 5.13. The second-order valence-corrected chi connectivity index (χ2v) is 7.24. The third kappa shape index (κ3) is 4.94. The van der Waals surface area contributed by atoms with Gasteiger partial charge < -0.3 is 4.90 Å². The number of aromatic nitrogens is 2. The molecule has 0 bridgehead atoms. The summed E-state index contributed by atoms with van der Waals surface area (Å²) in [7, 11) is 0. The first-order valence-electron chi connectivity index (χ1n) is 9.73. The van der Waals surface area contributed by atoms with Crippen molar-refractivity contribution in [3.05, 3.63) is 93.8 Å². The average Bonchev–Trinajstić information content (AvgIpc) is 2.76. The molecule has 4 rings (SSSR count). The molecule has 2 aromatic carbocycles. The number of piperazine rings is 1. The van der Waals surface area contributed by atoms with Gasteiger partial charge in [0, 0.05) is 63.7 Å². The van der Waals surface area contributed by atoms with Crippen LogP contribution < -0.4 is 4.90 Å². The van der Waals surface area contributed by atoms with Gasteiger partial charge in [-0.2, -0.15) is 0 Å². The number of hydrogen-bond donors (Lipinski definition) is 0. The fourth-order valence-corrected chi connectivity index (χ4v) is 3.57. The van der Waals surface area contributed by atoms with Crippen molar-refractivity contribution in [1.82, 2.24) is 14.9 Å². The molecule has 0 atom stereocenters. The predicted octanol–water partition coefficient (Wildman–Crippen LogP) is 3.30. The van der Waals surface area contributed by atoms with Crippen LogP contribution in [0.2, 0.25) is 0 Å². The van der Waals surface area contributed by atoms with Gasteiger partial charge in [0.25, 0.3) is 5.69 Å². The number of nitrogens with zero attached hydrogens (tertiary/aromatic N) is 5. The summed E-state index contributed by atoms with van der Waals surface area (Å²) in [4.78, 5) is 24.2. The van der Waals surface area contributed by atoms with Gasteiger partial charge in [-0.15, -0.1) is 0 Å². The molecular weight excluding hydrogens is 366 g/mol. The Morgan fingerprint density at radius 2 is 1.55 bits per heavy atom. The Morgan fingerprint density at radius 1 is 0.862 bits per heavy atom. The summed E-state index contributed by atoms with van der Waals surface area (Å²) in [6, 6.07) is 17.2. The maximum atomic E-state index is 10.9. The Balaban J connectivity index is 1.31. The van der Waals surface area contributed by atoms with Gasteiger partial charge in [-0.1, -0.05) is 42.5 Å². The van der Waals surface area contributed by atoms with Crippen LogP contribution in [0.5, 0.6) is 0 Å². The van der Waals surface area contributed by atoms with Gasteiger partial charge in [0.05, 0.1) is 4.92 Å². The van der Waals surface area contributed by atoms with Crippen molar-refractivity contribution >= 4 is 11.6 Å². The molecule has 1 aliphatic rings. The predicted molar refractivity (Wildman–Crippen MR) is 112 cm³/mol. The monoisotopic (exact) mass is 389 g/mol. The molecule has 0 spiro atoms. The molecule has 1 aliphatic heterocycles. The largest absolute Gasteiger partial charge is 0.338 e. The van der Waals surface area contributed by atoms with Crippen LogP contribution in [0, 0.1) is 10.1 Å². The Morgan fingerprint density at radius 3 is 2.24 bits per heavy atom. The van der Waals surface area contributed by atoms with Gasteiger partial charge in [-0.25, -0.2) is 9.97 Å². The molecule has 0 amide bonds. The molecule has 0 aliphatic carbocycles. The van der Waals surface area contributed by atoms with E-state index < -0.39 is 0 Å². The minimum atomic E-state index is -0.347. The summed E-state index contributed by atoms with van der Waals surface area (Å²) in [6.45, 7) is 4.14. The Kier molecular flexibility index (Phi) is 5.76. The lowest BCUT2D eigenvalue weighted by Gasteiger charge is -2.34. The number of benzene rings is 2.